The molecule has 0 radical (unpaired) electrons. The largest absolute Gasteiger partial charge is 0.494 e. The second-order valence-electron chi connectivity index (χ2n) is 4.91. The van der Waals surface area contributed by atoms with Gasteiger partial charge in [-0.15, -0.1) is 0 Å². The van der Waals surface area contributed by atoms with Gasteiger partial charge < -0.3 is 15.2 Å². The Morgan fingerprint density at radius 3 is 2.41 bits per heavy atom. The van der Waals surface area contributed by atoms with Crippen molar-refractivity contribution in [2.24, 2.45) is 0 Å². The summed E-state index contributed by atoms with van der Waals surface area (Å²) < 4.78 is 5.51. The van der Waals surface area contributed by atoms with Gasteiger partial charge in [-0.2, -0.15) is 0 Å². The number of hydrogen-bond donors (Lipinski definition) is 2. The molecule has 0 aliphatic rings. The Balaban J connectivity index is 2.35. The second-order valence-corrected chi connectivity index (χ2v) is 4.91. The van der Waals surface area contributed by atoms with Gasteiger partial charge in [0.2, 0.25) is 0 Å². The molecular weight excluding hydrogens is 214 g/mol. The van der Waals surface area contributed by atoms with E-state index in [2.05, 4.69) is 12.2 Å². The Morgan fingerprint density at radius 2 is 1.88 bits per heavy atom. The minimum Gasteiger partial charge on any atom is -0.494 e. The number of hydrogen-bond acceptors (Lipinski definition) is 3. The summed E-state index contributed by atoms with van der Waals surface area (Å²) in [7, 11) is 0. The van der Waals surface area contributed by atoms with Crippen LogP contribution < -0.4 is 10.1 Å². The van der Waals surface area contributed by atoms with E-state index >= 15 is 0 Å². The second kappa shape index (κ2) is 6.62. The summed E-state index contributed by atoms with van der Waals surface area (Å²) in [6.45, 7) is 7.79. The van der Waals surface area contributed by atoms with Crippen molar-refractivity contribution in [3.8, 4) is 5.75 Å². The van der Waals surface area contributed by atoms with Gasteiger partial charge in [-0.05, 0) is 38.0 Å². The Hall–Kier alpha value is -1.06. The standard InChI is InChI=1S/C14H23NO2/c1-4-9-17-13-7-5-12(6-8-13)10-15-11-14(2,3)16/h5-8,15-16H,4,9-11H2,1-3H3. The van der Waals surface area contributed by atoms with Crippen LogP contribution >= 0.6 is 0 Å². The third-order valence-corrected chi connectivity index (χ3v) is 2.28. The van der Waals surface area contributed by atoms with Gasteiger partial charge in [0.05, 0.1) is 12.2 Å². The zero-order chi connectivity index (χ0) is 12.7. The Labute approximate surface area is 104 Å². The molecule has 3 heteroatoms. The van der Waals surface area contributed by atoms with Gasteiger partial charge in [-0.3, -0.25) is 0 Å². The molecule has 0 spiro atoms. The summed E-state index contributed by atoms with van der Waals surface area (Å²) in [5, 5.41) is 12.8. The lowest BCUT2D eigenvalue weighted by Crippen LogP contribution is -2.34. The van der Waals surface area contributed by atoms with E-state index in [1.54, 1.807) is 13.8 Å². The van der Waals surface area contributed by atoms with Crippen LogP contribution in [-0.4, -0.2) is 23.9 Å². The highest BCUT2D eigenvalue weighted by Crippen LogP contribution is 2.12. The first-order valence-corrected chi connectivity index (χ1v) is 6.16. The summed E-state index contributed by atoms with van der Waals surface area (Å²) in [5.74, 6) is 0.915. The van der Waals surface area contributed by atoms with Crippen molar-refractivity contribution in [1.82, 2.24) is 5.32 Å². The van der Waals surface area contributed by atoms with Crippen LogP contribution in [0.4, 0.5) is 0 Å². The van der Waals surface area contributed by atoms with Crippen molar-refractivity contribution in [2.75, 3.05) is 13.2 Å². The Morgan fingerprint density at radius 1 is 1.24 bits per heavy atom. The van der Waals surface area contributed by atoms with E-state index < -0.39 is 5.60 Å². The number of ether oxygens (including phenoxy) is 1. The van der Waals surface area contributed by atoms with Gasteiger partial charge >= 0.3 is 0 Å². The van der Waals surface area contributed by atoms with Crippen LogP contribution in [0.5, 0.6) is 5.75 Å². The summed E-state index contributed by atoms with van der Waals surface area (Å²) in [5.41, 5.74) is 0.530. The van der Waals surface area contributed by atoms with E-state index in [9.17, 15) is 5.11 Å². The third kappa shape index (κ3) is 6.29. The van der Waals surface area contributed by atoms with Crippen LogP contribution in [0.15, 0.2) is 24.3 Å². The normalized spacial score (nSPS) is 11.5. The van der Waals surface area contributed by atoms with Gasteiger partial charge in [-0.1, -0.05) is 19.1 Å². The highest BCUT2D eigenvalue weighted by molar-refractivity contribution is 5.27. The van der Waals surface area contributed by atoms with Crippen LogP contribution in [-0.2, 0) is 6.54 Å². The smallest absolute Gasteiger partial charge is 0.119 e. The molecule has 0 aliphatic carbocycles. The van der Waals surface area contributed by atoms with E-state index in [-0.39, 0.29) is 0 Å². The predicted molar refractivity (Wildman–Crippen MR) is 70.2 cm³/mol. The molecule has 0 fully saturated rings. The molecule has 0 heterocycles. The molecule has 0 saturated heterocycles. The van der Waals surface area contributed by atoms with Crippen molar-refractivity contribution < 1.29 is 9.84 Å². The zero-order valence-corrected chi connectivity index (χ0v) is 11.0. The van der Waals surface area contributed by atoms with Gasteiger partial charge in [-0.25, -0.2) is 0 Å². The maximum absolute atomic E-state index is 9.55. The number of rotatable bonds is 7. The van der Waals surface area contributed by atoms with Gasteiger partial charge in [0.15, 0.2) is 0 Å². The third-order valence-electron chi connectivity index (χ3n) is 2.28. The molecule has 0 aromatic heterocycles. The lowest BCUT2D eigenvalue weighted by molar-refractivity contribution is 0.0795. The number of aliphatic hydroxyl groups is 1. The Kier molecular flexibility index (Phi) is 5.45. The average molecular weight is 237 g/mol. The van der Waals surface area contributed by atoms with E-state index in [1.165, 1.54) is 5.56 Å². The van der Waals surface area contributed by atoms with Gasteiger partial charge in [0.25, 0.3) is 0 Å². The highest BCUT2D eigenvalue weighted by Gasteiger charge is 2.10. The molecule has 17 heavy (non-hydrogen) atoms. The molecule has 0 unspecified atom stereocenters. The van der Waals surface area contributed by atoms with Crippen LogP contribution in [0.25, 0.3) is 0 Å². The van der Waals surface area contributed by atoms with Gasteiger partial charge in [0.1, 0.15) is 5.75 Å². The first-order valence-electron chi connectivity index (χ1n) is 6.16. The summed E-state index contributed by atoms with van der Waals surface area (Å²) in [6, 6.07) is 8.05. The van der Waals surface area contributed by atoms with Crippen LogP contribution in [0, 0.1) is 0 Å². The molecule has 0 saturated carbocycles. The summed E-state index contributed by atoms with van der Waals surface area (Å²) in [6.07, 6.45) is 1.02. The van der Waals surface area contributed by atoms with E-state index in [4.69, 9.17) is 4.74 Å². The first kappa shape index (κ1) is 14.0. The van der Waals surface area contributed by atoms with Crippen LogP contribution in [0.3, 0.4) is 0 Å². The fraction of sp³-hybridized carbons (Fsp3) is 0.571. The van der Waals surface area contributed by atoms with Crippen molar-refractivity contribution in [1.29, 1.82) is 0 Å². The summed E-state index contributed by atoms with van der Waals surface area (Å²) in [4.78, 5) is 0. The molecule has 0 bridgehead atoms. The van der Waals surface area contributed by atoms with Crippen LogP contribution in [0.1, 0.15) is 32.8 Å². The molecule has 1 rings (SSSR count). The molecule has 3 nitrogen and oxygen atoms in total. The number of benzene rings is 1. The SMILES string of the molecule is CCCOc1ccc(CNCC(C)(C)O)cc1. The maximum atomic E-state index is 9.55. The average Bonchev–Trinajstić information content (AvgIpc) is 2.26. The predicted octanol–water partition coefficient (Wildman–Crippen LogP) is 2.34. The highest BCUT2D eigenvalue weighted by atomic mass is 16.5. The molecule has 2 N–H and O–H groups in total. The lowest BCUT2D eigenvalue weighted by atomic mass is 10.1. The van der Waals surface area contributed by atoms with Crippen molar-refractivity contribution in [3.05, 3.63) is 29.8 Å². The molecule has 0 atom stereocenters. The van der Waals surface area contributed by atoms with Crippen molar-refractivity contribution >= 4 is 0 Å². The molecule has 0 amide bonds. The van der Waals surface area contributed by atoms with E-state index in [1.807, 2.05) is 24.3 Å². The van der Waals surface area contributed by atoms with E-state index in [0.717, 1.165) is 25.3 Å². The fourth-order valence-corrected chi connectivity index (χ4v) is 1.44. The van der Waals surface area contributed by atoms with Gasteiger partial charge in [0, 0.05) is 13.1 Å². The first-order chi connectivity index (χ1) is 8.01. The fourth-order valence-electron chi connectivity index (χ4n) is 1.44. The van der Waals surface area contributed by atoms with E-state index in [0.29, 0.717) is 6.54 Å². The molecular formula is C14H23NO2. The molecule has 0 aliphatic heterocycles. The van der Waals surface area contributed by atoms with Crippen molar-refractivity contribution in [3.63, 3.8) is 0 Å². The Bertz CT molecular complexity index is 314. The minimum absolute atomic E-state index is 0.584. The molecule has 1 aromatic carbocycles. The van der Waals surface area contributed by atoms with Crippen LogP contribution in [0.2, 0.25) is 0 Å². The number of nitrogens with one attached hydrogen (secondary N) is 1. The maximum Gasteiger partial charge on any atom is 0.119 e. The monoisotopic (exact) mass is 237 g/mol. The zero-order valence-electron chi connectivity index (χ0n) is 11.0. The molecule has 96 valence electrons. The van der Waals surface area contributed by atoms with Crippen molar-refractivity contribution in [2.45, 2.75) is 39.3 Å². The minimum atomic E-state index is -0.663. The topological polar surface area (TPSA) is 41.5 Å². The summed E-state index contributed by atoms with van der Waals surface area (Å²) >= 11 is 0. The molecule has 1 aromatic rings. The lowest BCUT2D eigenvalue weighted by Gasteiger charge is -2.17. The quantitative estimate of drug-likeness (QED) is 0.765.